The van der Waals surface area contributed by atoms with Crippen LogP contribution in [0.15, 0.2) is 127 Å². The van der Waals surface area contributed by atoms with Gasteiger partial charge in [-0.1, -0.05) is 154 Å². The third-order valence-corrected chi connectivity index (χ3v) is 13.0. The van der Waals surface area contributed by atoms with Gasteiger partial charge in [0.2, 0.25) is 0 Å². The summed E-state index contributed by atoms with van der Waals surface area (Å²) in [7, 11) is 0. The van der Waals surface area contributed by atoms with E-state index in [4.69, 9.17) is 28.4 Å². The van der Waals surface area contributed by atoms with Crippen molar-refractivity contribution in [3.8, 4) is 45.6 Å². The number of carbonyl (C=O) groups excluding carboxylic acids is 4. The van der Waals surface area contributed by atoms with Gasteiger partial charge in [0.25, 0.3) is 0 Å². The highest BCUT2D eigenvalue weighted by molar-refractivity contribution is 5.94. The summed E-state index contributed by atoms with van der Waals surface area (Å²) < 4.78 is 78.4. The van der Waals surface area contributed by atoms with Gasteiger partial charge < -0.3 is 28.4 Å². The Morgan fingerprint density at radius 3 is 1.08 bits per heavy atom. The van der Waals surface area contributed by atoms with Crippen LogP contribution in [0, 0.1) is 17.5 Å². The smallest absolute Gasteiger partial charge is 0.343 e. The van der Waals surface area contributed by atoms with Gasteiger partial charge in [-0.15, -0.1) is 0 Å². The summed E-state index contributed by atoms with van der Waals surface area (Å²) in [5.74, 6) is -5.17. The molecular formula is C64H71F3O10. The van der Waals surface area contributed by atoms with Crippen LogP contribution in [0.5, 0.6) is 34.5 Å². The van der Waals surface area contributed by atoms with Crippen LogP contribution in [0.3, 0.4) is 0 Å². The summed E-state index contributed by atoms with van der Waals surface area (Å²) in [4.78, 5) is 51.7. The van der Waals surface area contributed by atoms with E-state index in [0.717, 1.165) is 50.7 Å². The Morgan fingerprint density at radius 1 is 0.351 bits per heavy atom. The predicted molar refractivity (Wildman–Crippen MR) is 292 cm³/mol. The van der Waals surface area contributed by atoms with Crippen molar-refractivity contribution < 1.29 is 60.8 Å². The van der Waals surface area contributed by atoms with Gasteiger partial charge in [0.15, 0.2) is 34.7 Å². The molecule has 0 aliphatic rings. The number of ether oxygens (including phenoxy) is 6. The monoisotopic (exact) mass is 1060 g/mol. The molecule has 0 radical (unpaired) electrons. The van der Waals surface area contributed by atoms with Crippen LogP contribution in [-0.2, 0) is 0 Å². The lowest BCUT2D eigenvalue weighted by atomic mass is 10.0. The first kappa shape index (κ1) is 58.8. The lowest BCUT2D eigenvalue weighted by molar-refractivity contribution is 0.0717. The summed E-state index contributed by atoms with van der Waals surface area (Å²) in [5.41, 5.74) is 0.680. The topological polar surface area (TPSA) is 124 Å². The maximum absolute atomic E-state index is 15.8. The minimum Gasteiger partial charge on any atom is -0.491 e. The maximum atomic E-state index is 15.8. The zero-order chi connectivity index (χ0) is 54.6. The van der Waals surface area contributed by atoms with Crippen LogP contribution in [0.25, 0.3) is 11.1 Å². The van der Waals surface area contributed by atoms with Crippen molar-refractivity contribution in [3.05, 3.63) is 167 Å². The Balaban J connectivity index is 0.908. The second-order valence-corrected chi connectivity index (χ2v) is 19.1. The molecule has 0 fully saturated rings. The SMILES string of the molecule is CCCCCCCCCCCCOc1ccc(C(=O)Oc2ccc(C(=O)Oc3ccc(-c4cccc(OC(=O)c5ccc(OC(=O)c6ccc(OCCCCCCCCCCCC)c(F)c6)cc5)c4F)cc3)cc2)cc1F. The molecule has 0 unspecified atom stereocenters. The molecule has 0 spiro atoms. The van der Waals surface area contributed by atoms with Crippen molar-refractivity contribution in [1.29, 1.82) is 0 Å². The van der Waals surface area contributed by atoms with Crippen LogP contribution >= 0.6 is 0 Å². The summed E-state index contributed by atoms with van der Waals surface area (Å²) in [6.07, 6.45) is 23.6. The quantitative estimate of drug-likeness (QED) is 0.0224. The van der Waals surface area contributed by atoms with Crippen LogP contribution in [0.1, 0.15) is 184 Å². The Morgan fingerprint density at radius 2 is 0.688 bits per heavy atom. The molecule has 0 saturated heterocycles. The van der Waals surface area contributed by atoms with Gasteiger partial charge in [-0.25, -0.2) is 32.3 Å². The van der Waals surface area contributed by atoms with Crippen molar-refractivity contribution in [3.63, 3.8) is 0 Å². The Bertz CT molecular complexity index is 2790. The first-order valence-corrected chi connectivity index (χ1v) is 27.4. The fraction of sp³-hybridized carbons (Fsp3) is 0.375. The van der Waals surface area contributed by atoms with E-state index in [1.54, 1.807) is 0 Å². The van der Waals surface area contributed by atoms with Gasteiger partial charge in [0.05, 0.1) is 35.5 Å². The number of rotatable bonds is 33. The normalized spacial score (nSPS) is 11.0. The first-order valence-electron chi connectivity index (χ1n) is 27.4. The fourth-order valence-corrected chi connectivity index (χ4v) is 8.52. The van der Waals surface area contributed by atoms with Crippen LogP contribution in [0.4, 0.5) is 13.2 Å². The van der Waals surface area contributed by atoms with E-state index in [1.165, 1.54) is 205 Å². The van der Waals surface area contributed by atoms with E-state index in [0.29, 0.717) is 18.8 Å². The molecule has 13 heteroatoms. The minimum absolute atomic E-state index is 0.00267. The summed E-state index contributed by atoms with van der Waals surface area (Å²) in [6.45, 7) is 5.19. The highest BCUT2D eigenvalue weighted by Gasteiger charge is 2.19. The van der Waals surface area contributed by atoms with Gasteiger partial charge in [-0.2, -0.15) is 0 Å². The predicted octanol–water partition coefficient (Wildman–Crippen LogP) is 17.2. The minimum atomic E-state index is -0.872. The van der Waals surface area contributed by atoms with Crippen molar-refractivity contribution >= 4 is 23.9 Å². The molecule has 0 saturated carbocycles. The average Bonchev–Trinajstić information content (AvgIpc) is 3.44. The molecule has 6 aromatic rings. The van der Waals surface area contributed by atoms with E-state index < -0.39 is 41.3 Å². The Labute approximate surface area is 451 Å². The first-order chi connectivity index (χ1) is 37.5. The molecule has 0 N–H and O–H groups in total. The van der Waals surface area contributed by atoms with Crippen molar-refractivity contribution in [2.75, 3.05) is 13.2 Å². The van der Waals surface area contributed by atoms with Crippen molar-refractivity contribution in [2.45, 2.75) is 142 Å². The average molecular weight is 1060 g/mol. The second kappa shape index (κ2) is 32.2. The molecular weight excluding hydrogens is 986 g/mol. The van der Waals surface area contributed by atoms with E-state index in [2.05, 4.69) is 13.8 Å². The Kier molecular flexibility index (Phi) is 24.6. The molecule has 0 bridgehead atoms. The molecule has 0 amide bonds. The van der Waals surface area contributed by atoms with E-state index in [-0.39, 0.29) is 62.3 Å². The molecule has 0 heterocycles. The molecule has 10 nitrogen and oxygen atoms in total. The molecule has 0 aliphatic carbocycles. The van der Waals surface area contributed by atoms with E-state index in [1.807, 2.05) is 0 Å². The third-order valence-electron chi connectivity index (χ3n) is 13.0. The number of carbonyl (C=O) groups is 4. The van der Waals surface area contributed by atoms with Gasteiger partial charge in [-0.3, -0.25) is 0 Å². The molecule has 0 aliphatic heterocycles. The van der Waals surface area contributed by atoms with Gasteiger partial charge in [0.1, 0.15) is 17.2 Å². The maximum Gasteiger partial charge on any atom is 0.343 e. The highest BCUT2D eigenvalue weighted by atomic mass is 19.1. The molecule has 6 rings (SSSR count). The molecule has 0 atom stereocenters. The molecule has 77 heavy (non-hydrogen) atoms. The van der Waals surface area contributed by atoms with Gasteiger partial charge in [-0.05, 0) is 122 Å². The van der Waals surface area contributed by atoms with Crippen molar-refractivity contribution in [2.24, 2.45) is 0 Å². The van der Waals surface area contributed by atoms with Crippen LogP contribution in [-0.4, -0.2) is 37.1 Å². The van der Waals surface area contributed by atoms with Gasteiger partial charge in [0, 0.05) is 5.56 Å². The molecule has 0 aromatic heterocycles. The summed E-state index contributed by atoms with van der Waals surface area (Å²) in [5, 5.41) is 0. The Hall–Kier alpha value is -7.41. The van der Waals surface area contributed by atoms with Crippen molar-refractivity contribution in [1.82, 2.24) is 0 Å². The number of unbranched alkanes of at least 4 members (excludes halogenated alkanes) is 18. The van der Waals surface area contributed by atoms with Crippen LogP contribution < -0.4 is 28.4 Å². The zero-order valence-corrected chi connectivity index (χ0v) is 44.4. The molecule has 408 valence electrons. The number of esters is 4. The lowest BCUT2D eigenvalue weighted by Gasteiger charge is -2.11. The number of halogens is 3. The number of benzene rings is 6. The summed E-state index contributed by atoms with van der Waals surface area (Å²) >= 11 is 0. The van der Waals surface area contributed by atoms with E-state index in [9.17, 15) is 28.0 Å². The largest absolute Gasteiger partial charge is 0.491 e. The third kappa shape index (κ3) is 19.6. The highest BCUT2D eigenvalue weighted by Crippen LogP contribution is 2.32. The number of hydrogen-bond donors (Lipinski definition) is 0. The zero-order valence-electron chi connectivity index (χ0n) is 44.4. The van der Waals surface area contributed by atoms with Gasteiger partial charge >= 0.3 is 23.9 Å². The number of hydrogen-bond acceptors (Lipinski definition) is 10. The van der Waals surface area contributed by atoms with Crippen LogP contribution in [0.2, 0.25) is 0 Å². The summed E-state index contributed by atoms with van der Waals surface area (Å²) in [6, 6.07) is 29.2. The fourth-order valence-electron chi connectivity index (χ4n) is 8.52. The standard InChI is InChI=1S/C64H71F3O10/c1-3-5-7-9-11-13-15-17-19-21-42-72-57-40-32-49(44-55(57)65)63(70)75-52-36-28-47(29-37-52)61(68)74-51-34-26-46(27-35-51)54-24-23-25-59(60(54)67)77-62(69)48-30-38-53(39-31-48)76-64(71)50-33-41-58(56(66)45-50)73-43-22-20-18-16-14-12-10-8-6-4-2/h23-41,44-45H,3-22,42-43H2,1-2H3. The molecule has 6 aromatic carbocycles. The lowest BCUT2D eigenvalue weighted by Crippen LogP contribution is -2.11. The second-order valence-electron chi connectivity index (χ2n) is 19.1. The van der Waals surface area contributed by atoms with E-state index >= 15 is 4.39 Å².